The van der Waals surface area contributed by atoms with Crippen LogP contribution in [0.1, 0.15) is 19.8 Å². The van der Waals surface area contributed by atoms with Gasteiger partial charge in [-0.25, -0.2) is 8.42 Å². The number of fused-ring (bicyclic) bond motifs is 1. The molecule has 1 amide bonds. The lowest BCUT2D eigenvalue weighted by molar-refractivity contribution is -0.134. The molecule has 3 aliphatic heterocycles. The third-order valence-electron chi connectivity index (χ3n) is 5.98. The van der Waals surface area contributed by atoms with E-state index in [0.29, 0.717) is 63.4 Å². The molecule has 1 aromatic carbocycles. The molecule has 0 atom stereocenters. The van der Waals surface area contributed by atoms with Gasteiger partial charge in [-0.1, -0.05) is 6.92 Å². The molecule has 160 valence electrons. The second kappa shape index (κ2) is 8.49. The molecule has 0 aromatic heterocycles. The van der Waals surface area contributed by atoms with Crippen molar-refractivity contribution in [3.63, 3.8) is 0 Å². The average molecular weight is 424 g/mol. The van der Waals surface area contributed by atoms with E-state index in [1.54, 1.807) is 12.1 Å². The van der Waals surface area contributed by atoms with Gasteiger partial charge in [-0.3, -0.25) is 9.69 Å². The van der Waals surface area contributed by atoms with Gasteiger partial charge in [-0.15, -0.1) is 0 Å². The highest BCUT2D eigenvalue weighted by molar-refractivity contribution is 7.89. The molecule has 0 saturated carbocycles. The van der Waals surface area contributed by atoms with Crippen LogP contribution in [0.15, 0.2) is 23.1 Å². The lowest BCUT2D eigenvalue weighted by Crippen LogP contribution is -2.52. The molecule has 9 heteroatoms. The van der Waals surface area contributed by atoms with Crippen molar-refractivity contribution in [2.45, 2.75) is 24.7 Å². The Morgan fingerprint density at radius 1 is 1.00 bits per heavy atom. The Morgan fingerprint density at radius 2 is 1.66 bits per heavy atom. The predicted molar refractivity (Wildman–Crippen MR) is 108 cm³/mol. The number of carbonyl (C=O) groups excluding carboxylic acids is 1. The van der Waals surface area contributed by atoms with Gasteiger partial charge in [0.05, 0.1) is 11.4 Å². The van der Waals surface area contributed by atoms with Crippen LogP contribution < -0.4 is 9.47 Å². The van der Waals surface area contributed by atoms with E-state index in [-0.39, 0.29) is 10.8 Å². The Kier molecular flexibility index (Phi) is 5.98. The largest absolute Gasteiger partial charge is 0.486 e. The van der Waals surface area contributed by atoms with Gasteiger partial charge < -0.3 is 14.4 Å². The molecule has 0 N–H and O–H groups in total. The fraction of sp³-hybridized carbons (Fsp3) is 0.650. The number of hydrogen-bond acceptors (Lipinski definition) is 6. The number of benzene rings is 1. The third kappa shape index (κ3) is 4.51. The molecule has 0 unspecified atom stereocenters. The Bertz CT molecular complexity index is 844. The monoisotopic (exact) mass is 423 g/mol. The van der Waals surface area contributed by atoms with E-state index in [9.17, 15) is 13.2 Å². The van der Waals surface area contributed by atoms with Gasteiger partial charge in [0.1, 0.15) is 13.2 Å². The van der Waals surface area contributed by atoms with Crippen molar-refractivity contribution in [1.29, 1.82) is 0 Å². The minimum atomic E-state index is -3.60. The van der Waals surface area contributed by atoms with Crippen LogP contribution in [-0.2, 0) is 14.8 Å². The van der Waals surface area contributed by atoms with Crippen molar-refractivity contribution < 1.29 is 22.7 Å². The minimum absolute atomic E-state index is 0.153. The van der Waals surface area contributed by atoms with Crippen molar-refractivity contribution in [1.82, 2.24) is 14.1 Å². The van der Waals surface area contributed by atoms with E-state index in [1.807, 2.05) is 4.90 Å². The molecule has 1 aromatic rings. The second-order valence-electron chi connectivity index (χ2n) is 8.05. The molecule has 4 rings (SSSR count). The normalized spacial score (nSPS) is 21.9. The topological polar surface area (TPSA) is 79.4 Å². The first-order chi connectivity index (χ1) is 13.9. The summed E-state index contributed by atoms with van der Waals surface area (Å²) in [5.41, 5.74) is 0. The molecule has 2 saturated heterocycles. The van der Waals surface area contributed by atoms with Gasteiger partial charge in [-0.05, 0) is 30.9 Å². The molecule has 3 heterocycles. The number of amides is 1. The van der Waals surface area contributed by atoms with Crippen molar-refractivity contribution in [2.75, 3.05) is 59.0 Å². The molecule has 8 nitrogen and oxygen atoms in total. The predicted octanol–water partition coefficient (Wildman–Crippen LogP) is 1.02. The fourth-order valence-electron chi connectivity index (χ4n) is 4.01. The number of nitrogens with zero attached hydrogens (tertiary/aromatic N) is 3. The summed E-state index contributed by atoms with van der Waals surface area (Å²) in [7, 11) is -3.60. The number of ether oxygens (including phenoxy) is 2. The van der Waals surface area contributed by atoms with Crippen LogP contribution in [0.25, 0.3) is 0 Å². The summed E-state index contributed by atoms with van der Waals surface area (Å²) in [6.45, 7) is 7.00. The Morgan fingerprint density at radius 3 is 2.34 bits per heavy atom. The van der Waals surface area contributed by atoms with Crippen molar-refractivity contribution in [2.24, 2.45) is 5.92 Å². The standard InChI is InChI=1S/C20H29N3O5S/c1-16-4-6-22(7-5-16)20(24)15-21-8-10-23(11-9-21)29(25,26)17-2-3-18-19(14-17)28-13-12-27-18/h2-3,14,16H,4-13,15H2,1H3. The number of piperidine rings is 1. The molecule has 0 spiro atoms. The first kappa shape index (κ1) is 20.4. The molecule has 3 aliphatic rings. The number of sulfonamides is 1. The lowest BCUT2D eigenvalue weighted by Gasteiger charge is -2.36. The molecule has 2 fully saturated rings. The number of carbonyl (C=O) groups is 1. The molecular weight excluding hydrogens is 394 g/mol. The lowest BCUT2D eigenvalue weighted by atomic mass is 9.99. The van der Waals surface area contributed by atoms with Crippen LogP contribution in [0.3, 0.4) is 0 Å². The Hall–Kier alpha value is -1.84. The Balaban J connectivity index is 1.33. The van der Waals surface area contributed by atoms with Crippen LogP contribution in [0.2, 0.25) is 0 Å². The smallest absolute Gasteiger partial charge is 0.243 e. The van der Waals surface area contributed by atoms with Gasteiger partial charge in [0.2, 0.25) is 15.9 Å². The summed E-state index contributed by atoms with van der Waals surface area (Å²) < 4.78 is 38.5. The zero-order chi connectivity index (χ0) is 20.4. The minimum Gasteiger partial charge on any atom is -0.486 e. The van der Waals surface area contributed by atoms with E-state index >= 15 is 0 Å². The first-order valence-electron chi connectivity index (χ1n) is 10.3. The average Bonchev–Trinajstić information content (AvgIpc) is 2.74. The van der Waals surface area contributed by atoms with Gasteiger partial charge in [0.15, 0.2) is 11.5 Å². The number of rotatable bonds is 4. The summed E-state index contributed by atoms with van der Waals surface area (Å²) in [4.78, 5) is 16.7. The number of likely N-dealkylation sites (tertiary alicyclic amines) is 1. The quantitative estimate of drug-likeness (QED) is 0.720. The number of piperazine rings is 1. The van der Waals surface area contributed by atoms with Crippen LogP contribution in [0, 0.1) is 5.92 Å². The second-order valence-corrected chi connectivity index (χ2v) is 9.99. The maximum Gasteiger partial charge on any atom is 0.243 e. The highest BCUT2D eigenvalue weighted by Crippen LogP contribution is 2.33. The third-order valence-corrected chi connectivity index (χ3v) is 7.87. The Labute approximate surface area is 172 Å². The summed E-state index contributed by atoms with van der Waals surface area (Å²) >= 11 is 0. The maximum atomic E-state index is 13.0. The van der Waals surface area contributed by atoms with E-state index in [1.165, 1.54) is 10.4 Å². The summed E-state index contributed by atoms with van der Waals surface area (Å²) in [6, 6.07) is 4.75. The maximum absolute atomic E-state index is 13.0. The summed E-state index contributed by atoms with van der Waals surface area (Å²) in [5.74, 6) is 1.89. The fourth-order valence-corrected chi connectivity index (χ4v) is 5.45. The van der Waals surface area contributed by atoms with Gasteiger partial charge in [0.25, 0.3) is 0 Å². The first-order valence-corrected chi connectivity index (χ1v) is 11.8. The molecule has 0 bridgehead atoms. The number of hydrogen-bond donors (Lipinski definition) is 0. The van der Waals surface area contributed by atoms with E-state index in [4.69, 9.17) is 9.47 Å². The zero-order valence-electron chi connectivity index (χ0n) is 16.9. The van der Waals surface area contributed by atoms with Gasteiger partial charge in [0, 0.05) is 45.3 Å². The van der Waals surface area contributed by atoms with Crippen molar-refractivity contribution in [3.05, 3.63) is 18.2 Å². The molecule has 0 radical (unpaired) electrons. The van der Waals surface area contributed by atoms with E-state index < -0.39 is 10.0 Å². The van der Waals surface area contributed by atoms with E-state index in [2.05, 4.69) is 11.8 Å². The molecule has 0 aliphatic carbocycles. The van der Waals surface area contributed by atoms with E-state index in [0.717, 1.165) is 25.9 Å². The molecular formula is C20H29N3O5S. The SMILES string of the molecule is CC1CCN(C(=O)CN2CCN(S(=O)(=O)c3ccc4c(c3)OCCO4)CC2)CC1. The van der Waals surface area contributed by atoms with Gasteiger partial charge >= 0.3 is 0 Å². The van der Waals surface area contributed by atoms with Crippen LogP contribution in [0.4, 0.5) is 0 Å². The summed E-state index contributed by atoms with van der Waals surface area (Å²) in [5, 5.41) is 0. The summed E-state index contributed by atoms with van der Waals surface area (Å²) in [6.07, 6.45) is 2.13. The van der Waals surface area contributed by atoms with Crippen LogP contribution in [-0.4, -0.2) is 87.5 Å². The van der Waals surface area contributed by atoms with Gasteiger partial charge in [-0.2, -0.15) is 4.31 Å². The van der Waals surface area contributed by atoms with Crippen molar-refractivity contribution in [3.8, 4) is 11.5 Å². The highest BCUT2D eigenvalue weighted by atomic mass is 32.2. The van der Waals surface area contributed by atoms with Crippen LogP contribution >= 0.6 is 0 Å². The van der Waals surface area contributed by atoms with Crippen LogP contribution in [0.5, 0.6) is 11.5 Å². The van der Waals surface area contributed by atoms with Crippen molar-refractivity contribution >= 4 is 15.9 Å². The zero-order valence-corrected chi connectivity index (χ0v) is 17.7. The highest BCUT2D eigenvalue weighted by Gasteiger charge is 2.31. The molecule has 29 heavy (non-hydrogen) atoms.